The standard InChI is InChI=1S/C33H28N2O/c1-20-17-21(2)31(22(3)18-20)25-15-16-34-29(19-25)26-11-8-12-27-32-30(36-33(26)27)14-13-28(35-32)23(4)24-9-6-5-7-10-24/h5-19,23H,1-4H3. The molecule has 3 heterocycles. The Morgan fingerprint density at radius 3 is 2.33 bits per heavy atom. The predicted molar refractivity (Wildman–Crippen MR) is 148 cm³/mol. The van der Waals surface area contributed by atoms with Crippen LogP contribution in [0.3, 0.4) is 0 Å². The second kappa shape index (κ2) is 8.76. The number of hydrogen-bond donors (Lipinski definition) is 0. The molecule has 0 fully saturated rings. The zero-order valence-corrected chi connectivity index (χ0v) is 21.0. The van der Waals surface area contributed by atoms with Gasteiger partial charge in [-0.2, -0.15) is 0 Å². The van der Waals surface area contributed by atoms with E-state index in [2.05, 4.69) is 100 Å². The fourth-order valence-electron chi connectivity index (χ4n) is 5.40. The molecule has 0 N–H and O–H groups in total. The van der Waals surface area contributed by atoms with E-state index >= 15 is 0 Å². The Hall–Kier alpha value is -4.24. The summed E-state index contributed by atoms with van der Waals surface area (Å²) in [5, 5.41) is 1.01. The van der Waals surface area contributed by atoms with E-state index in [1.807, 2.05) is 18.3 Å². The van der Waals surface area contributed by atoms with E-state index in [1.54, 1.807) is 0 Å². The fourth-order valence-corrected chi connectivity index (χ4v) is 5.40. The number of aryl methyl sites for hydroxylation is 3. The lowest BCUT2D eigenvalue weighted by atomic mass is 9.93. The number of para-hydroxylation sites is 1. The number of benzene rings is 3. The highest BCUT2D eigenvalue weighted by Gasteiger charge is 2.17. The van der Waals surface area contributed by atoms with Crippen LogP contribution in [-0.4, -0.2) is 9.97 Å². The van der Waals surface area contributed by atoms with E-state index in [4.69, 9.17) is 14.4 Å². The summed E-state index contributed by atoms with van der Waals surface area (Å²) >= 11 is 0. The van der Waals surface area contributed by atoms with Gasteiger partial charge in [-0.05, 0) is 85.0 Å². The molecule has 0 saturated heterocycles. The lowest BCUT2D eigenvalue weighted by Gasteiger charge is -2.12. The highest BCUT2D eigenvalue weighted by molar-refractivity contribution is 6.07. The summed E-state index contributed by atoms with van der Waals surface area (Å²) in [5.41, 5.74) is 12.9. The minimum atomic E-state index is 0.197. The van der Waals surface area contributed by atoms with Crippen molar-refractivity contribution in [2.45, 2.75) is 33.6 Å². The smallest absolute Gasteiger partial charge is 0.153 e. The molecule has 0 aliphatic carbocycles. The summed E-state index contributed by atoms with van der Waals surface area (Å²) in [6.07, 6.45) is 1.89. The van der Waals surface area contributed by atoms with Crippen LogP contribution in [0.4, 0.5) is 0 Å². The maximum atomic E-state index is 6.38. The molecule has 3 aromatic heterocycles. The van der Waals surface area contributed by atoms with Gasteiger partial charge in [0.1, 0.15) is 11.1 Å². The van der Waals surface area contributed by atoms with Gasteiger partial charge in [0.2, 0.25) is 0 Å². The van der Waals surface area contributed by atoms with Crippen molar-refractivity contribution in [2.75, 3.05) is 0 Å². The largest absolute Gasteiger partial charge is 0.454 e. The number of aromatic nitrogens is 2. The van der Waals surface area contributed by atoms with Crippen molar-refractivity contribution in [3.05, 3.63) is 119 Å². The van der Waals surface area contributed by atoms with Crippen LogP contribution in [-0.2, 0) is 0 Å². The van der Waals surface area contributed by atoms with E-state index in [0.29, 0.717) is 0 Å². The molecule has 6 aromatic rings. The Kier molecular flexibility index (Phi) is 5.41. The zero-order valence-electron chi connectivity index (χ0n) is 21.0. The average molecular weight is 469 g/mol. The third-order valence-electron chi connectivity index (χ3n) is 7.11. The first kappa shape index (κ1) is 22.2. The van der Waals surface area contributed by atoms with Gasteiger partial charge in [-0.25, -0.2) is 4.98 Å². The van der Waals surface area contributed by atoms with Gasteiger partial charge in [-0.1, -0.05) is 61.0 Å². The third kappa shape index (κ3) is 3.77. The SMILES string of the molecule is Cc1cc(C)c(-c2ccnc(-c3cccc4c3oc3ccc(C(C)c5ccccc5)nc34)c2)c(C)c1. The summed E-state index contributed by atoms with van der Waals surface area (Å²) in [6, 6.07) is 29.6. The molecule has 0 aliphatic heterocycles. The van der Waals surface area contributed by atoms with Gasteiger partial charge in [0, 0.05) is 28.8 Å². The second-order valence-electron chi connectivity index (χ2n) is 9.70. The molecule has 0 spiro atoms. The summed E-state index contributed by atoms with van der Waals surface area (Å²) in [7, 11) is 0. The molecule has 3 aromatic carbocycles. The Morgan fingerprint density at radius 1 is 0.778 bits per heavy atom. The maximum absolute atomic E-state index is 6.38. The highest BCUT2D eigenvalue weighted by atomic mass is 16.3. The summed E-state index contributed by atoms with van der Waals surface area (Å²) in [5.74, 6) is 0.197. The van der Waals surface area contributed by atoms with E-state index < -0.39 is 0 Å². The molecule has 3 heteroatoms. The molecule has 0 bridgehead atoms. The van der Waals surface area contributed by atoms with Crippen LogP contribution in [0, 0.1) is 20.8 Å². The number of furan rings is 1. The molecule has 0 radical (unpaired) electrons. The number of pyridine rings is 2. The van der Waals surface area contributed by atoms with Crippen LogP contribution < -0.4 is 0 Å². The van der Waals surface area contributed by atoms with Crippen LogP contribution in [0.1, 0.15) is 40.8 Å². The summed E-state index contributed by atoms with van der Waals surface area (Å²) in [4.78, 5) is 9.79. The molecule has 6 rings (SSSR count). The molecule has 3 nitrogen and oxygen atoms in total. The Bertz CT molecular complexity index is 1710. The first-order chi connectivity index (χ1) is 17.5. The van der Waals surface area contributed by atoms with E-state index in [-0.39, 0.29) is 5.92 Å². The fraction of sp³-hybridized carbons (Fsp3) is 0.152. The molecular formula is C33H28N2O. The predicted octanol–water partition coefficient (Wildman–Crippen LogP) is 8.79. The van der Waals surface area contributed by atoms with Crippen molar-refractivity contribution < 1.29 is 4.42 Å². The zero-order chi connectivity index (χ0) is 24.8. The maximum Gasteiger partial charge on any atom is 0.153 e. The van der Waals surface area contributed by atoms with Gasteiger partial charge in [0.15, 0.2) is 5.58 Å². The van der Waals surface area contributed by atoms with E-state index in [1.165, 1.54) is 33.4 Å². The lowest BCUT2D eigenvalue weighted by Crippen LogP contribution is -1.98. The number of fused-ring (bicyclic) bond motifs is 3. The van der Waals surface area contributed by atoms with Gasteiger partial charge in [-0.3, -0.25) is 4.98 Å². The Balaban J connectivity index is 1.47. The highest BCUT2D eigenvalue weighted by Crippen LogP contribution is 2.37. The topological polar surface area (TPSA) is 38.9 Å². The van der Waals surface area contributed by atoms with Gasteiger partial charge in [-0.15, -0.1) is 0 Å². The minimum Gasteiger partial charge on any atom is -0.454 e. The van der Waals surface area contributed by atoms with Crippen molar-refractivity contribution in [2.24, 2.45) is 0 Å². The van der Waals surface area contributed by atoms with Gasteiger partial charge in [0.05, 0.1) is 5.69 Å². The first-order valence-corrected chi connectivity index (χ1v) is 12.4. The third-order valence-corrected chi connectivity index (χ3v) is 7.11. The number of hydrogen-bond acceptors (Lipinski definition) is 3. The molecule has 1 atom stereocenters. The molecule has 0 aliphatic rings. The van der Waals surface area contributed by atoms with E-state index in [0.717, 1.165) is 39.0 Å². The van der Waals surface area contributed by atoms with Crippen molar-refractivity contribution >= 4 is 22.1 Å². The van der Waals surface area contributed by atoms with Gasteiger partial charge in [0.25, 0.3) is 0 Å². The van der Waals surface area contributed by atoms with E-state index in [9.17, 15) is 0 Å². The Labute approximate surface area is 211 Å². The van der Waals surface area contributed by atoms with Crippen LogP contribution in [0.5, 0.6) is 0 Å². The van der Waals surface area contributed by atoms with Gasteiger partial charge < -0.3 is 4.42 Å². The molecule has 0 amide bonds. The normalized spacial score (nSPS) is 12.3. The molecular weight excluding hydrogens is 440 g/mol. The molecule has 0 saturated carbocycles. The average Bonchev–Trinajstić information content (AvgIpc) is 3.26. The van der Waals surface area contributed by atoms with Crippen molar-refractivity contribution in [1.29, 1.82) is 0 Å². The molecule has 36 heavy (non-hydrogen) atoms. The number of rotatable bonds is 4. The van der Waals surface area contributed by atoms with Crippen molar-refractivity contribution in [1.82, 2.24) is 9.97 Å². The summed E-state index contributed by atoms with van der Waals surface area (Å²) < 4.78 is 6.38. The van der Waals surface area contributed by atoms with Crippen molar-refractivity contribution in [3.8, 4) is 22.4 Å². The minimum absolute atomic E-state index is 0.197. The van der Waals surface area contributed by atoms with Crippen LogP contribution in [0.25, 0.3) is 44.5 Å². The first-order valence-electron chi connectivity index (χ1n) is 12.4. The monoisotopic (exact) mass is 468 g/mol. The molecule has 1 unspecified atom stereocenters. The number of nitrogens with zero attached hydrogens (tertiary/aromatic N) is 2. The van der Waals surface area contributed by atoms with Crippen LogP contribution in [0.2, 0.25) is 0 Å². The van der Waals surface area contributed by atoms with Gasteiger partial charge >= 0.3 is 0 Å². The van der Waals surface area contributed by atoms with Crippen molar-refractivity contribution in [3.63, 3.8) is 0 Å². The second-order valence-corrected chi connectivity index (χ2v) is 9.70. The summed E-state index contributed by atoms with van der Waals surface area (Å²) in [6.45, 7) is 8.69. The Morgan fingerprint density at radius 2 is 1.56 bits per heavy atom. The van der Waals surface area contributed by atoms with Crippen LogP contribution in [0.15, 0.2) is 95.5 Å². The quantitative estimate of drug-likeness (QED) is 0.259. The van der Waals surface area contributed by atoms with Crippen LogP contribution >= 0.6 is 0 Å². The molecule has 176 valence electrons. The lowest BCUT2D eigenvalue weighted by molar-refractivity contribution is 0.668.